The molecule has 0 spiro atoms. The van der Waals surface area contributed by atoms with Crippen LogP contribution in [0.1, 0.15) is 10.7 Å². The van der Waals surface area contributed by atoms with E-state index >= 15 is 0 Å². The molecule has 0 aromatic carbocycles. The second-order valence-corrected chi connectivity index (χ2v) is 4.54. The normalized spacial score (nSPS) is 11.6. The first-order valence-electron chi connectivity index (χ1n) is 5.10. The largest absolute Gasteiger partial charge is 0.480 e. The van der Waals surface area contributed by atoms with Crippen molar-refractivity contribution >= 4 is 22.4 Å². The van der Waals surface area contributed by atoms with Crippen LogP contribution >= 0.6 is 11.3 Å². The molecule has 20 heavy (non-hydrogen) atoms. The number of aromatic nitrogens is 5. The molecule has 12 heteroatoms. The molecule has 2 rings (SSSR count). The fraction of sp³-hybridized carbons (Fsp3) is 0.375. The molecule has 8 nitrogen and oxygen atoms in total. The molecule has 0 atom stereocenters. The van der Waals surface area contributed by atoms with E-state index in [-0.39, 0.29) is 18.2 Å². The molecule has 2 N–H and O–H groups in total. The van der Waals surface area contributed by atoms with Crippen molar-refractivity contribution in [2.45, 2.75) is 19.3 Å². The van der Waals surface area contributed by atoms with Crippen LogP contribution in [0.25, 0.3) is 0 Å². The number of alkyl halides is 3. The number of hydrogen-bond acceptors (Lipinski definition) is 7. The predicted molar refractivity (Wildman–Crippen MR) is 59.9 cm³/mol. The van der Waals surface area contributed by atoms with Gasteiger partial charge in [0.25, 0.3) is 0 Å². The van der Waals surface area contributed by atoms with Gasteiger partial charge < -0.3 is 10.4 Å². The summed E-state index contributed by atoms with van der Waals surface area (Å²) in [6.07, 6.45) is -3.16. The molecule has 0 amide bonds. The number of carboxylic acids is 1. The smallest absolute Gasteiger partial charge is 0.445 e. The van der Waals surface area contributed by atoms with E-state index < -0.39 is 17.2 Å². The number of halogens is 3. The van der Waals surface area contributed by atoms with Crippen molar-refractivity contribution in [2.75, 3.05) is 5.32 Å². The van der Waals surface area contributed by atoms with Crippen LogP contribution in [0.15, 0.2) is 6.20 Å². The Bertz CT molecular complexity index is 609. The van der Waals surface area contributed by atoms with E-state index in [4.69, 9.17) is 5.11 Å². The number of hydrogen-bond donors (Lipinski definition) is 2. The number of nitrogens with zero attached hydrogens (tertiary/aromatic N) is 5. The summed E-state index contributed by atoms with van der Waals surface area (Å²) < 4.78 is 38.0. The van der Waals surface area contributed by atoms with Crippen molar-refractivity contribution in [3.8, 4) is 0 Å². The fourth-order valence-electron chi connectivity index (χ4n) is 1.21. The minimum absolute atomic E-state index is 0.00916. The van der Waals surface area contributed by atoms with E-state index in [1.54, 1.807) is 0 Å². The number of carbonyl (C=O) groups is 1. The highest BCUT2D eigenvalue weighted by Crippen LogP contribution is 2.32. The number of aliphatic carboxylic acids is 1. The summed E-state index contributed by atoms with van der Waals surface area (Å²) in [6, 6.07) is 0. The van der Waals surface area contributed by atoms with Gasteiger partial charge in [0.1, 0.15) is 12.2 Å². The highest BCUT2D eigenvalue weighted by atomic mass is 32.1. The van der Waals surface area contributed by atoms with Crippen LogP contribution in [0, 0.1) is 0 Å². The van der Waals surface area contributed by atoms with Crippen LogP contribution in [-0.4, -0.2) is 36.3 Å². The Kier molecular flexibility index (Phi) is 3.83. The summed E-state index contributed by atoms with van der Waals surface area (Å²) in [5.41, 5.74) is 0.370. The Morgan fingerprint density at radius 2 is 2.15 bits per heavy atom. The molecule has 108 valence electrons. The summed E-state index contributed by atoms with van der Waals surface area (Å²) in [7, 11) is 0. The second-order valence-electron chi connectivity index (χ2n) is 3.56. The van der Waals surface area contributed by atoms with Crippen LogP contribution in [-0.2, 0) is 24.1 Å². The van der Waals surface area contributed by atoms with E-state index in [2.05, 4.69) is 25.8 Å². The molecule has 2 aromatic rings. The summed E-state index contributed by atoms with van der Waals surface area (Å²) in [5, 5.41) is 23.6. The van der Waals surface area contributed by atoms with Gasteiger partial charge in [-0.3, -0.25) is 4.79 Å². The molecular formula is C8H7F3N6O2S. The van der Waals surface area contributed by atoms with Gasteiger partial charge in [-0.2, -0.15) is 13.2 Å². The van der Waals surface area contributed by atoms with Gasteiger partial charge in [0.15, 0.2) is 0 Å². The monoisotopic (exact) mass is 308 g/mol. The third kappa shape index (κ3) is 3.63. The predicted octanol–water partition coefficient (Wildman–Crippen LogP) is 0.845. The fourth-order valence-corrected chi connectivity index (χ4v) is 1.82. The Hall–Kier alpha value is -2.24. The average Bonchev–Trinajstić information content (AvgIpc) is 2.93. The number of rotatable bonds is 5. The molecule has 0 aliphatic rings. The maximum absolute atomic E-state index is 12.3. The van der Waals surface area contributed by atoms with Crippen molar-refractivity contribution in [1.29, 1.82) is 0 Å². The van der Waals surface area contributed by atoms with E-state index in [9.17, 15) is 18.0 Å². The van der Waals surface area contributed by atoms with Crippen molar-refractivity contribution in [3.63, 3.8) is 0 Å². The van der Waals surface area contributed by atoms with Gasteiger partial charge in [-0.05, 0) is 0 Å². The van der Waals surface area contributed by atoms with E-state index in [0.717, 1.165) is 4.68 Å². The first-order chi connectivity index (χ1) is 9.34. The molecule has 0 saturated carbocycles. The summed E-state index contributed by atoms with van der Waals surface area (Å²) in [6.45, 7) is -0.282. The van der Waals surface area contributed by atoms with Crippen molar-refractivity contribution < 1.29 is 23.1 Å². The lowest BCUT2D eigenvalue weighted by Crippen LogP contribution is -2.09. The molecular weight excluding hydrogens is 301 g/mol. The van der Waals surface area contributed by atoms with E-state index in [0.29, 0.717) is 17.0 Å². The van der Waals surface area contributed by atoms with Crippen LogP contribution in [0.5, 0.6) is 0 Å². The molecule has 0 fully saturated rings. The first kappa shape index (κ1) is 14.2. The van der Waals surface area contributed by atoms with Gasteiger partial charge in [-0.1, -0.05) is 16.6 Å². The molecule has 0 aliphatic heterocycles. The molecule has 0 aliphatic carbocycles. The maximum Gasteiger partial charge on any atom is 0.445 e. The zero-order chi connectivity index (χ0) is 14.8. The van der Waals surface area contributed by atoms with Crippen LogP contribution in [0.3, 0.4) is 0 Å². The molecule has 2 aromatic heterocycles. The summed E-state index contributed by atoms with van der Waals surface area (Å²) >= 11 is 0.369. The van der Waals surface area contributed by atoms with Crippen LogP contribution in [0.4, 0.5) is 18.3 Å². The zero-order valence-electron chi connectivity index (χ0n) is 9.63. The first-order valence-corrected chi connectivity index (χ1v) is 5.91. The molecule has 0 radical (unpaired) electrons. The lowest BCUT2D eigenvalue weighted by Gasteiger charge is -1.98. The lowest BCUT2D eigenvalue weighted by molar-refractivity contribution is -0.138. The van der Waals surface area contributed by atoms with Gasteiger partial charge in [0.2, 0.25) is 10.1 Å². The number of anilines is 1. The van der Waals surface area contributed by atoms with E-state index in [1.807, 2.05) is 0 Å². The highest BCUT2D eigenvalue weighted by Gasteiger charge is 2.35. The van der Waals surface area contributed by atoms with Crippen molar-refractivity contribution in [1.82, 2.24) is 25.2 Å². The van der Waals surface area contributed by atoms with Crippen LogP contribution < -0.4 is 5.32 Å². The topological polar surface area (TPSA) is 106 Å². The van der Waals surface area contributed by atoms with Gasteiger partial charge in [0, 0.05) is 0 Å². The minimum atomic E-state index is -4.53. The molecule has 0 saturated heterocycles. The van der Waals surface area contributed by atoms with E-state index in [1.165, 1.54) is 6.20 Å². The summed E-state index contributed by atoms with van der Waals surface area (Å²) in [4.78, 5) is 10.4. The second kappa shape index (κ2) is 5.40. The quantitative estimate of drug-likeness (QED) is 0.843. The maximum atomic E-state index is 12.3. The Balaban J connectivity index is 1.93. The highest BCUT2D eigenvalue weighted by molar-refractivity contribution is 7.15. The van der Waals surface area contributed by atoms with Crippen molar-refractivity contribution in [3.05, 3.63) is 16.9 Å². The van der Waals surface area contributed by atoms with Gasteiger partial charge >= 0.3 is 12.1 Å². The zero-order valence-corrected chi connectivity index (χ0v) is 10.4. The third-order valence-electron chi connectivity index (χ3n) is 1.97. The van der Waals surface area contributed by atoms with Crippen molar-refractivity contribution in [2.24, 2.45) is 0 Å². The lowest BCUT2D eigenvalue weighted by atomic mass is 10.5. The Morgan fingerprint density at radius 3 is 2.75 bits per heavy atom. The average molecular weight is 308 g/mol. The molecule has 2 heterocycles. The molecule has 0 bridgehead atoms. The Morgan fingerprint density at radius 1 is 1.40 bits per heavy atom. The van der Waals surface area contributed by atoms with Gasteiger partial charge in [0.05, 0.1) is 12.7 Å². The molecule has 0 unspecified atom stereocenters. The SMILES string of the molecule is O=C(O)Cn1cc(CNc2nnc(C(F)(F)F)s2)nn1. The Labute approximate surface area is 113 Å². The van der Waals surface area contributed by atoms with Gasteiger partial charge in [-0.15, -0.1) is 15.3 Å². The summed E-state index contributed by atoms with van der Waals surface area (Å²) in [5.74, 6) is -1.08. The number of nitrogens with one attached hydrogen (secondary N) is 1. The minimum Gasteiger partial charge on any atom is -0.480 e. The van der Waals surface area contributed by atoms with Gasteiger partial charge in [-0.25, -0.2) is 4.68 Å². The van der Waals surface area contributed by atoms with Crippen LogP contribution in [0.2, 0.25) is 0 Å². The third-order valence-corrected chi connectivity index (χ3v) is 2.90. The standard InChI is InChI=1S/C8H7F3N6O2S/c9-8(10,11)6-14-15-7(20-6)12-1-4-2-17(16-13-4)3-5(18)19/h2H,1,3H2,(H,12,15)(H,18,19). The number of carboxylic acid groups (broad SMARTS) is 1.